The van der Waals surface area contributed by atoms with Gasteiger partial charge < -0.3 is 14.8 Å². The molecule has 1 aromatic carbocycles. The van der Waals surface area contributed by atoms with Crippen molar-refractivity contribution in [2.75, 3.05) is 18.5 Å². The van der Waals surface area contributed by atoms with Gasteiger partial charge in [0.25, 0.3) is 0 Å². The van der Waals surface area contributed by atoms with Crippen LogP contribution in [0.15, 0.2) is 24.3 Å². The summed E-state index contributed by atoms with van der Waals surface area (Å²) in [5.74, 6) is 0. The zero-order chi connectivity index (χ0) is 14.6. The topological polar surface area (TPSA) is 59.6 Å². The van der Waals surface area contributed by atoms with Gasteiger partial charge in [-0.25, -0.2) is 4.79 Å². The maximum absolute atomic E-state index is 11.6. The molecule has 2 rings (SSSR count). The van der Waals surface area contributed by atoms with Gasteiger partial charge in [0.1, 0.15) is 5.60 Å². The van der Waals surface area contributed by atoms with Gasteiger partial charge in [0.15, 0.2) is 0 Å². The molecule has 1 aromatic rings. The lowest BCUT2D eigenvalue weighted by Gasteiger charge is -2.27. The van der Waals surface area contributed by atoms with Crippen LogP contribution in [-0.4, -0.2) is 30.9 Å². The Bertz CT molecular complexity index is 447. The lowest BCUT2D eigenvalue weighted by Crippen LogP contribution is -2.45. The third kappa shape index (κ3) is 4.83. The number of carbonyl (C=O) groups excluding carboxylic acids is 1. The summed E-state index contributed by atoms with van der Waals surface area (Å²) < 4.78 is 10.3. The number of hydrogen-bond donors (Lipinski definition) is 2. The minimum absolute atomic E-state index is 0.435. The Labute approximate surface area is 119 Å². The van der Waals surface area contributed by atoms with Crippen LogP contribution in [0.25, 0.3) is 0 Å². The van der Waals surface area contributed by atoms with E-state index in [0.29, 0.717) is 6.04 Å². The van der Waals surface area contributed by atoms with E-state index in [1.165, 1.54) is 5.56 Å². The zero-order valence-electron chi connectivity index (χ0n) is 12.2. The second-order valence-electron chi connectivity index (χ2n) is 5.94. The van der Waals surface area contributed by atoms with Crippen molar-refractivity contribution >= 4 is 11.8 Å². The number of ether oxygens (including phenoxy) is 2. The van der Waals surface area contributed by atoms with E-state index in [0.717, 1.165) is 25.4 Å². The quantitative estimate of drug-likeness (QED) is 0.888. The predicted molar refractivity (Wildman–Crippen MR) is 77.7 cm³/mol. The van der Waals surface area contributed by atoms with Gasteiger partial charge in [-0.05, 0) is 38.5 Å². The molecular weight excluding hydrogens is 256 g/mol. The van der Waals surface area contributed by atoms with Gasteiger partial charge in [-0.1, -0.05) is 12.1 Å². The maximum atomic E-state index is 11.6. The van der Waals surface area contributed by atoms with Crippen molar-refractivity contribution in [2.45, 2.75) is 39.0 Å². The zero-order valence-corrected chi connectivity index (χ0v) is 12.2. The molecule has 1 saturated heterocycles. The van der Waals surface area contributed by atoms with Crippen LogP contribution < -0.4 is 10.6 Å². The fraction of sp³-hybridized carbons (Fsp3) is 0.533. The fourth-order valence-corrected chi connectivity index (χ4v) is 1.74. The summed E-state index contributed by atoms with van der Waals surface area (Å²) in [5, 5.41) is 6.10. The van der Waals surface area contributed by atoms with Crippen molar-refractivity contribution in [1.82, 2.24) is 5.32 Å². The molecule has 5 heteroatoms. The summed E-state index contributed by atoms with van der Waals surface area (Å²) in [6, 6.07) is 8.18. The lowest BCUT2D eigenvalue weighted by molar-refractivity contribution is -0.00578. The van der Waals surface area contributed by atoms with E-state index < -0.39 is 11.7 Å². The van der Waals surface area contributed by atoms with Crippen molar-refractivity contribution in [2.24, 2.45) is 0 Å². The van der Waals surface area contributed by atoms with Gasteiger partial charge >= 0.3 is 6.09 Å². The van der Waals surface area contributed by atoms with Crippen molar-refractivity contribution in [3.8, 4) is 0 Å². The highest BCUT2D eigenvalue weighted by Gasteiger charge is 2.17. The molecule has 0 aliphatic carbocycles. The maximum Gasteiger partial charge on any atom is 0.412 e. The van der Waals surface area contributed by atoms with Crippen LogP contribution in [0.4, 0.5) is 10.5 Å². The van der Waals surface area contributed by atoms with Crippen molar-refractivity contribution in [1.29, 1.82) is 0 Å². The molecule has 0 aromatic heterocycles. The summed E-state index contributed by atoms with van der Waals surface area (Å²) in [6.07, 6.45) is -0.435. The van der Waals surface area contributed by atoms with Crippen LogP contribution in [0, 0.1) is 0 Å². The largest absolute Gasteiger partial charge is 0.444 e. The monoisotopic (exact) mass is 278 g/mol. The van der Waals surface area contributed by atoms with Gasteiger partial charge in [-0.15, -0.1) is 0 Å². The van der Waals surface area contributed by atoms with Gasteiger partial charge in [0.2, 0.25) is 0 Å². The predicted octanol–water partition coefficient (Wildman–Crippen LogP) is 2.52. The van der Waals surface area contributed by atoms with E-state index in [1.54, 1.807) is 0 Å². The SMILES string of the molecule is CC(C)(C)OC(=O)Nc1ccc(CNC2COC2)cc1. The van der Waals surface area contributed by atoms with Crippen molar-refractivity contribution in [3.63, 3.8) is 0 Å². The molecule has 0 radical (unpaired) electrons. The van der Waals surface area contributed by atoms with Crippen LogP contribution in [0.2, 0.25) is 0 Å². The highest BCUT2D eigenvalue weighted by molar-refractivity contribution is 5.84. The van der Waals surface area contributed by atoms with Crippen LogP contribution in [0.3, 0.4) is 0 Å². The molecule has 1 aliphatic rings. The fourth-order valence-electron chi connectivity index (χ4n) is 1.74. The first-order chi connectivity index (χ1) is 9.42. The molecule has 1 fully saturated rings. The smallest absolute Gasteiger partial charge is 0.412 e. The van der Waals surface area contributed by atoms with E-state index in [9.17, 15) is 4.79 Å². The molecule has 5 nitrogen and oxygen atoms in total. The minimum Gasteiger partial charge on any atom is -0.444 e. The van der Waals surface area contributed by atoms with Crippen molar-refractivity contribution in [3.05, 3.63) is 29.8 Å². The van der Waals surface area contributed by atoms with Gasteiger partial charge in [-0.3, -0.25) is 5.32 Å². The lowest BCUT2D eigenvalue weighted by atomic mass is 10.2. The van der Waals surface area contributed by atoms with Gasteiger partial charge in [-0.2, -0.15) is 0 Å². The Balaban J connectivity index is 1.79. The molecule has 20 heavy (non-hydrogen) atoms. The third-order valence-electron chi connectivity index (χ3n) is 2.83. The Hall–Kier alpha value is -1.59. The van der Waals surface area contributed by atoms with Crippen molar-refractivity contribution < 1.29 is 14.3 Å². The number of anilines is 1. The first kappa shape index (κ1) is 14.8. The average Bonchev–Trinajstić information content (AvgIpc) is 2.26. The van der Waals surface area contributed by atoms with Crippen LogP contribution >= 0.6 is 0 Å². The molecule has 2 N–H and O–H groups in total. The molecule has 110 valence electrons. The van der Waals surface area contributed by atoms with Gasteiger partial charge in [0.05, 0.1) is 19.3 Å². The summed E-state index contributed by atoms with van der Waals surface area (Å²) >= 11 is 0. The molecule has 0 spiro atoms. The third-order valence-corrected chi connectivity index (χ3v) is 2.83. The number of carbonyl (C=O) groups is 1. The molecule has 1 aliphatic heterocycles. The van der Waals surface area contributed by atoms with Crippen LogP contribution in [0.1, 0.15) is 26.3 Å². The highest BCUT2D eigenvalue weighted by atomic mass is 16.6. The van der Waals surface area contributed by atoms with E-state index in [2.05, 4.69) is 10.6 Å². The van der Waals surface area contributed by atoms with Crippen LogP contribution in [0.5, 0.6) is 0 Å². The summed E-state index contributed by atoms with van der Waals surface area (Å²) in [4.78, 5) is 11.6. The minimum atomic E-state index is -0.487. The Morgan fingerprint density at radius 1 is 1.30 bits per heavy atom. The second-order valence-corrected chi connectivity index (χ2v) is 5.94. The first-order valence-corrected chi connectivity index (χ1v) is 6.82. The Kier molecular flexibility index (Phi) is 4.62. The number of nitrogens with one attached hydrogen (secondary N) is 2. The average molecular weight is 278 g/mol. The molecule has 0 unspecified atom stereocenters. The standard InChI is InChI=1S/C15H22N2O3/c1-15(2,3)20-14(18)17-12-6-4-11(5-7-12)8-16-13-9-19-10-13/h4-7,13,16H,8-10H2,1-3H3,(H,17,18). The highest BCUT2D eigenvalue weighted by Crippen LogP contribution is 2.13. The van der Waals surface area contributed by atoms with E-state index in [-0.39, 0.29) is 0 Å². The number of benzene rings is 1. The first-order valence-electron chi connectivity index (χ1n) is 6.82. The summed E-state index contributed by atoms with van der Waals surface area (Å²) in [5.41, 5.74) is 1.42. The Morgan fingerprint density at radius 3 is 2.45 bits per heavy atom. The van der Waals surface area contributed by atoms with Crippen LogP contribution in [-0.2, 0) is 16.0 Å². The number of amides is 1. The normalized spacial score (nSPS) is 15.6. The van der Waals surface area contributed by atoms with E-state index in [1.807, 2.05) is 45.0 Å². The van der Waals surface area contributed by atoms with E-state index in [4.69, 9.17) is 9.47 Å². The molecule has 1 amide bonds. The molecule has 0 saturated carbocycles. The molecular formula is C15H22N2O3. The Morgan fingerprint density at radius 2 is 1.95 bits per heavy atom. The number of hydrogen-bond acceptors (Lipinski definition) is 4. The van der Waals surface area contributed by atoms with Gasteiger partial charge in [0, 0.05) is 12.2 Å². The summed E-state index contributed by atoms with van der Waals surface area (Å²) in [6.45, 7) is 7.90. The number of rotatable bonds is 4. The molecule has 1 heterocycles. The molecule has 0 atom stereocenters. The second kappa shape index (κ2) is 6.24. The molecule has 0 bridgehead atoms. The van der Waals surface area contributed by atoms with E-state index >= 15 is 0 Å². The summed E-state index contributed by atoms with van der Waals surface area (Å²) in [7, 11) is 0.